The van der Waals surface area contributed by atoms with Gasteiger partial charge in [-0.05, 0) is 45.0 Å². The molecule has 0 bridgehead atoms. The number of hydrogen-bond donors (Lipinski definition) is 1. The third kappa shape index (κ3) is 5.40. The molecule has 9 nitrogen and oxygen atoms in total. The number of carbonyl (C=O) groups is 2. The maximum Gasteiger partial charge on any atom is 0.338 e. The summed E-state index contributed by atoms with van der Waals surface area (Å²) in [5, 5.41) is 2.69. The van der Waals surface area contributed by atoms with Crippen molar-refractivity contribution in [3.05, 3.63) is 35.9 Å². The number of nitrogens with zero attached hydrogens (tertiary/aromatic N) is 2. The molecule has 2 aromatic carbocycles. The molecule has 1 N–H and O–H groups in total. The summed E-state index contributed by atoms with van der Waals surface area (Å²) in [5.74, 6) is -0.0160. The fraction of sp³-hybridized carbons (Fsp3) is 0.333. The van der Waals surface area contributed by atoms with Crippen LogP contribution in [-0.2, 0) is 9.53 Å². The fourth-order valence-electron chi connectivity index (χ4n) is 2.81. The quantitative estimate of drug-likeness (QED) is 0.471. The smallest absolute Gasteiger partial charge is 0.338 e. The van der Waals surface area contributed by atoms with Crippen LogP contribution < -0.4 is 19.5 Å². The highest BCUT2D eigenvalue weighted by Crippen LogP contribution is 2.39. The van der Waals surface area contributed by atoms with Gasteiger partial charge in [0, 0.05) is 0 Å². The molecule has 0 saturated heterocycles. The lowest BCUT2D eigenvalue weighted by Crippen LogP contribution is -2.21. The standard InChI is InChI=1S/C21H23N3O6S/c1-4-27-16-10-13(11-17(28-5-2)20(16)29-6-3)21(26)30-12-18(25)22-14-8-7-9-15-19(14)24-31-23-15/h7-11H,4-6,12H2,1-3H3,(H,22,25). The Labute approximate surface area is 183 Å². The van der Waals surface area contributed by atoms with Crippen LogP contribution in [0, 0.1) is 0 Å². The number of anilines is 1. The van der Waals surface area contributed by atoms with Crippen LogP contribution in [-0.4, -0.2) is 47.1 Å². The molecular formula is C21H23N3O6S. The van der Waals surface area contributed by atoms with E-state index in [1.807, 2.05) is 20.8 Å². The van der Waals surface area contributed by atoms with Gasteiger partial charge in [-0.25, -0.2) is 4.79 Å². The van der Waals surface area contributed by atoms with Crippen LogP contribution in [0.3, 0.4) is 0 Å². The molecule has 0 aliphatic heterocycles. The van der Waals surface area contributed by atoms with Crippen LogP contribution >= 0.6 is 11.7 Å². The van der Waals surface area contributed by atoms with Crippen molar-refractivity contribution in [1.29, 1.82) is 0 Å². The first-order valence-electron chi connectivity index (χ1n) is 9.82. The van der Waals surface area contributed by atoms with Gasteiger partial charge in [-0.2, -0.15) is 8.75 Å². The number of hydrogen-bond acceptors (Lipinski definition) is 9. The Kier molecular flexibility index (Phi) is 7.60. The Morgan fingerprint density at radius 2 is 1.65 bits per heavy atom. The molecule has 0 saturated carbocycles. The molecule has 1 amide bonds. The lowest BCUT2D eigenvalue weighted by molar-refractivity contribution is -0.119. The Bertz CT molecular complexity index is 1040. The van der Waals surface area contributed by atoms with E-state index in [0.717, 1.165) is 11.7 Å². The summed E-state index contributed by atoms with van der Waals surface area (Å²) in [6.07, 6.45) is 0. The number of nitrogens with one attached hydrogen (secondary N) is 1. The third-order valence-corrected chi connectivity index (χ3v) is 4.58. The van der Waals surface area contributed by atoms with Crippen molar-refractivity contribution in [1.82, 2.24) is 8.75 Å². The maximum atomic E-state index is 12.6. The van der Waals surface area contributed by atoms with E-state index < -0.39 is 18.5 Å². The minimum Gasteiger partial charge on any atom is -0.490 e. The lowest BCUT2D eigenvalue weighted by atomic mass is 10.2. The number of amides is 1. The first-order valence-corrected chi connectivity index (χ1v) is 10.5. The van der Waals surface area contributed by atoms with Crippen LogP contribution in [0.1, 0.15) is 31.1 Å². The van der Waals surface area contributed by atoms with Crippen LogP contribution in [0.25, 0.3) is 11.0 Å². The van der Waals surface area contributed by atoms with Crippen molar-refractivity contribution >= 4 is 40.3 Å². The second-order valence-electron chi connectivity index (χ2n) is 6.16. The molecule has 0 unspecified atom stereocenters. The highest BCUT2D eigenvalue weighted by molar-refractivity contribution is 7.00. The molecule has 0 atom stereocenters. The van der Waals surface area contributed by atoms with E-state index in [1.54, 1.807) is 18.2 Å². The molecule has 31 heavy (non-hydrogen) atoms. The van der Waals surface area contributed by atoms with E-state index in [4.69, 9.17) is 18.9 Å². The molecule has 1 heterocycles. The minimum atomic E-state index is -0.686. The zero-order valence-electron chi connectivity index (χ0n) is 17.5. The van der Waals surface area contributed by atoms with Crippen molar-refractivity contribution in [3.8, 4) is 17.2 Å². The number of fused-ring (bicyclic) bond motifs is 1. The molecule has 0 spiro atoms. The molecule has 0 radical (unpaired) electrons. The maximum absolute atomic E-state index is 12.6. The SMILES string of the molecule is CCOc1cc(C(=O)OCC(=O)Nc2cccc3nsnc23)cc(OCC)c1OCC. The van der Waals surface area contributed by atoms with E-state index >= 15 is 0 Å². The summed E-state index contributed by atoms with van der Waals surface area (Å²) in [7, 11) is 0. The highest BCUT2D eigenvalue weighted by Gasteiger charge is 2.20. The normalized spacial score (nSPS) is 10.5. The molecule has 10 heteroatoms. The summed E-state index contributed by atoms with van der Waals surface area (Å²) in [6, 6.07) is 8.29. The second kappa shape index (κ2) is 10.6. The van der Waals surface area contributed by atoms with Gasteiger partial charge in [0.05, 0.1) is 42.8 Å². The molecule has 0 aliphatic rings. The van der Waals surface area contributed by atoms with Crippen molar-refractivity contribution in [2.75, 3.05) is 31.7 Å². The zero-order chi connectivity index (χ0) is 22.2. The van der Waals surface area contributed by atoms with Gasteiger partial charge in [0.2, 0.25) is 5.75 Å². The lowest BCUT2D eigenvalue weighted by Gasteiger charge is -2.16. The average molecular weight is 445 g/mol. The highest BCUT2D eigenvalue weighted by atomic mass is 32.1. The first-order chi connectivity index (χ1) is 15.1. The Hall–Kier alpha value is -3.40. The average Bonchev–Trinajstić information content (AvgIpc) is 3.24. The van der Waals surface area contributed by atoms with Crippen molar-refractivity contribution in [2.24, 2.45) is 0 Å². The molecule has 3 rings (SSSR count). The van der Waals surface area contributed by atoms with Gasteiger partial charge < -0.3 is 24.3 Å². The Morgan fingerprint density at radius 3 is 2.29 bits per heavy atom. The van der Waals surface area contributed by atoms with E-state index in [-0.39, 0.29) is 5.56 Å². The molecular weight excluding hydrogens is 422 g/mol. The van der Waals surface area contributed by atoms with Crippen LogP contribution in [0.5, 0.6) is 17.2 Å². The molecule has 3 aromatic rings. The Morgan fingerprint density at radius 1 is 0.968 bits per heavy atom. The molecule has 1 aromatic heterocycles. The molecule has 0 fully saturated rings. The number of esters is 1. The molecule has 164 valence electrons. The van der Waals surface area contributed by atoms with Gasteiger partial charge in [0.15, 0.2) is 18.1 Å². The minimum absolute atomic E-state index is 0.189. The van der Waals surface area contributed by atoms with Crippen LogP contribution in [0.2, 0.25) is 0 Å². The summed E-state index contributed by atoms with van der Waals surface area (Å²) < 4.78 is 30.3. The van der Waals surface area contributed by atoms with E-state index in [0.29, 0.717) is 53.8 Å². The third-order valence-electron chi connectivity index (χ3n) is 4.04. The van der Waals surface area contributed by atoms with Gasteiger partial charge >= 0.3 is 5.97 Å². The Balaban J connectivity index is 1.71. The topological polar surface area (TPSA) is 109 Å². The van der Waals surface area contributed by atoms with E-state index in [9.17, 15) is 9.59 Å². The van der Waals surface area contributed by atoms with Crippen molar-refractivity contribution in [2.45, 2.75) is 20.8 Å². The van der Waals surface area contributed by atoms with Crippen molar-refractivity contribution in [3.63, 3.8) is 0 Å². The van der Waals surface area contributed by atoms with Gasteiger partial charge in [-0.1, -0.05) is 6.07 Å². The molecule has 0 aliphatic carbocycles. The number of benzene rings is 2. The summed E-state index contributed by atoms with van der Waals surface area (Å²) in [6.45, 7) is 6.19. The number of rotatable bonds is 10. The van der Waals surface area contributed by atoms with Crippen molar-refractivity contribution < 1.29 is 28.5 Å². The van der Waals surface area contributed by atoms with Gasteiger partial charge in [-0.3, -0.25) is 4.79 Å². The van der Waals surface area contributed by atoms with E-state index in [1.165, 1.54) is 12.1 Å². The number of aromatic nitrogens is 2. The van der Waals surface area contributed by atoms with Gasteiger partial charge in [0.1, 0.15) is 11.0 Å². The largest absolute Gasteiger partial charge is 0.490 e. The van der Waals surface area contributed by atoms with Crippen LogP contribution in [0.4, 0.5) is 5.69 Å². The predicted octanol–water partition coefficient (Wildman–Crippen LogP) is 3.68. The summed E-state index contributed by atoms with van der Waals surface area (Å²) >= 11 is 1.05. The number of carbonyl (C=O) groups excluding carboxylic acids is 2. The second-order valence-corrected chi connectivity index (χ2v) is 6.69. The monoisotopic (exact) mass is 445 g/mol. The van der Waals surface area contributed by atoms with E-state index in [2.05, 4.69) is 14.1 Å². The van der Waals surface area contributed by atoms with Gasteiger partial charge in [-0.15, -0.1) is 0 Å². The van der Waals surface area contributed by atoms with Gasteiger partial charge in [0.25, 0.3) is 5.91 Å². The fourth-order valence-corrected chi connectivity index (χ4v) is 3.36. The predicted molar refractivity (Wildman–Crippen MR) is 116 cm³/mol. The summed E-state index contributed by atoms with van der Waals surface area (Å²) in [5.41, 5.74) is 1.96. The zero-order valence-corrected chi connectivity index (χ0v) is 18.3. The van der Waals surface area contributed by atoms with Crippen LogP contribution in [0.15, 0.2) is 30.3 Å². The first kappa shape index (κ1) is 22.3. The number of ether oxygens (including phenoxy) is 4. The summed E-state index contributed by atoms with van der Waals surface area (Å²) in [4.78, 5) is 24.9.